The van der Waals surface area contributed by atoms with E-state index >= 15 is 0 Å². The molecule has 5 nitrogen and oxygen atoms in total. The molecule has 0 radical (unpaired) electrons. The fourth-order valence-corrected chi connectivity index (χ4v) is 2.27. The zero-order valence-electron chi connectivity index (χ0n) is 15.2. The van der Waals surface area contributed by atoms with Crippen molar-refractivity contribution in [1.82, 2.24) is 15.2 Å². The molecule has 0 bridgehead atoms. The number of para-hydroxylation sites is 1. The molecule has 0 saturated carbocycles. The number of hydrogen-bond donors (Lipinski definition) is 1. The molecule has 5 heteroatoms. The van der Waals surface area contributed by atoms with E-state index in [-0.39, 0.29) is 6.09 Å². The van der Waals surface area contributed by atoms with Crippen LogP contribution in [0, 0.1) is 0 Å². The number of nitrogens with zero attached hydrogens (tertiary/aromatic N) is 2. The maximum absolute atomic E-state index is 11.1. The molecule has 0 saturated heterocycles. The Balaban J connectivity index is 0.000000891. The van der Waals surface area contributed by atoms with Gasteiger partial charge in [0, 0.05) is 31.2 Å². The second-order valence-corrected chi connectivity index (χ2v) is 5.48. The summed E-state index contributed by atoms with van der Waals surface area (Å²) in [5.74, 6) is 0. The molecule has 1 N–H and O–H groups in total. The molecule has 1 aromatic heterocycles. The zero-order valence-corrected chi connectivity index (χ0v) is 15.2. The Morgan fingerprint density at radius 3 is 2.58 bits per heavy atom. The first-order chi connectivity index (χ1) is 11.7. The maximum Gasteiger partial charge on any atom is 0.406 e. The SMILES string of the molecule is CCC.CCN(CCNC(=O)OC)Cc1ccnc2ccccc12. The number of carbonyl (C=O) groups excluding carboxylic acids is 1. The van der Waals surface area contributed by atoms with E-state index in [4.69, 9.17) is 0 Å². The van der Waals surface area contributed by atoms with E-state index < -0.39 is 0 Å². The average Bonchev–Trinajstić information content (AvgIpc) is 2.61. The van der Waals surface area contributed by atoms with E-state index in [0.717, 1.165) is 25.2 Å². The van der Waals surface area contributed by atoms with Crippen molar-refractivity contribution >= 4 is 17.0 Å². The lowest BCUT2D eigenvalue weighted by Crippen LogP contribution is -2.34. The number of benzene rings is 1. The molecule has 0 aliphatic heterocycles. The van der Waals surface area contributed by atoms with Crippen LogP contribution in [0.3, 0.4) is 0 Å². The quantitative estimate of drug-likeness (QED) is 0.874. The number of hydrogen-bond acceptors (Lipinski definition) is 4. The summed E-state index contributed by atoms with van der Waals surface area (Å²) in [6, 6.07) is 10.2. The molecule has 2 rings (SSSR count). The van der Waals surface area contributed by atoms with Gasteiger partial charge in [0.05, 0.1) is 12.6 Å². The Bertz CT molecular complexity index is 611. The third-order valence-corrected chi connectivity index (χ3v) is 3.46. The Hall–Kier alpha value is -2.14. The largest absolute Gasteiger partial charge is 0.453 e. The number of aromatic nitrogens is 1. The average molecular weight is 331 g/mol. The molecule has 24 heavy (non-hydrogen) atoms. The molecule has 0 unspecified atom stereocenters. The summed E-state index contributed by atoms with van der Waals surface area (Å²) in [6.07, 6.45) is 2.71. The Morgan fingerprint density at radius 1 is 1.21 bits per heavy atom. The maximum atomic E-state index is 11.1. The number of pyridine rings is 1. The number of likely N-dealkylation sites (N-methyl/N-ethyl adjacent to an activating group) is 1. The molecule has 0 aliphatic rings. The van der Waals surface area contributed by atoms with Gasteiger partial charge in [-0.2, -0.15) is 0 Å². The van der Waals surface area contributed by atoms with Crippen molar-refractivity contribution in [2.75, 3.05) is 26.7 Å². The van der Waals surface area contributed by atoms with Gasteiger partial charge < -0.3 is 10.1 Å². The van der Waals surface area contributed by atoms with Gasteiger partial charge >= 0.3 is 6.09 Å². The number of methoxy groups -OCH3 is 1. The number of amides is 1. The van der Waals surface area contributed by atoms with Crippen molar-refractivity contribution in [1.29, 1.82) is 0 Å². The monoisotopic (exact) mass is 331 g/mol. The lowest BCUT2D eigenvalue weighted by atomic mass is 10.1. The lowest BCUT2D eigenvalue weighted by Gasteiger charge is -2.21. The third-order valence-electron chi connectivity index (χ3n) is 3.46. The Labute approximate surface area is 145 Å². The van der Waals surface area contributed by atoms with E-state index in [1.54, 1.807) is 0 Å². The van der Waals surface area contributed by atoms with Gasteiger partial charge in [-0.1, -0.05) is 45.4 Å². The van der Waals surface area contributed by atoms with E-state index in [0.29, 0.717) is 6.54 Å². The van der Waals surface area contributed by atoms with Crippen LogP contribution in [0.5, 0.6) is 0 Å². The van der Waals surface area contributed by atoms with Crippen LogP contribution in [0.15, 0.2) is 36.5 Å². The normalized spacial score (nSPS) is 10.2. The van der Waals surface area contributed by atoms with Gasteiger partial charge in [0.15, 0.2) is 0 Å². The molecule has 1 aromatic carbocycles. The van der Waals surface area contributed by atoms with Crippen molar-refractivity contribution in [2.24, 2.45) is 0 Å². The van der Waals surface area contributed by atoms with Crippen LogP contribution >= 0.6 is 0 Å². The first-order valence-corrected chi connectivity index (χ1v) is 8.52. The highest BCUT2D eigenvalue weighted by Crippen LogP contribution is 2.17. The highest BCUT2D eigenvalue weighted by molar-refractivity contribution is 5.81. The fourth-order valence-electron chi connectivity index (χ4n) is 2.27. The number of ether oxygens (including phenoxy) is 1. The number of carbonyl (C=O) groups is 1. The smallest absolute Gasteiger partial charge is 0.406 e. The van der Waals surface area contributed by atoms with Crippen LogP contribution in [0.25, 0.3) is 10.9 Å². The van der Waals surface area contributed by atoms with Crippen LogP contribution in [-0.4, -0.2) is 42.7 Å². The zero-order chi connectivity index (χ0) is 17.8. The van der Waals surface area contributed by atoms with E-state index in [2.05, 4.69) is 52.8 Å². The minimum Gasteiger partial charge on any atom is -0.453 e. The van der Waals surface area contributed by atoms with Gasteiger partial charge in [0.1, 0.15) is 0 Å². The summed E-state index contributed by atoms with van der Waals surface area (Å²) in [5, 5.41) is 3.88. The van der Waals surface area contributed by atoms with Gasteiger partial charge in [-0.3, -0.25) is 9.88 Å². The fraction of sp³-hybridized carbons (Fsp3) is 0.474. The predicted molar refractivity (Wildman–Crippen MR) is 99.1 cm³/mol. The number of alkyl carbamates (subject to hydrolysis) is 1. The third kappa shape index (κ3) is 6.54. The predicted octanol–water partition coefficient (Wildman–Crippen LogP) is 3.83. The number of rotatable bonds is 6. The van der Waals surface area contributed by atoms with Gasteiger partial charge in [0.25, 0.3) is 0 Å². The van der Waals surface area contributed by atoms with E-state index in [1.807, 2.05) is 24.4 Å². The minimum absolute atomic E-state index is 0.389. The molecular weight excluding hydrogens is 302 g/mol. The van der Waals surface area contributed by atoms with Crippen molar-refractivity contribution < 1.29 is 9.53 Å². The van der Waals surface area contributed by atoms with Crippen molar-refractivity contribution in [3.8, 4) is 0 Å². The summed E-state index contributed by atoms with van der Waals surface area (Å²) in [4.78, 5) is 17.7. The summed E-state index contributed by atoms with van der Waals surface area (Å²) in [7, 11) is 1.37. The van der Waals surface area contributed by atoms with Crippen molar-refractivity contribution in [2.45, 2.75) is 33.7 Å². The molecule has 0 atom stereocenters. The molecular formula is C19H29N3O2. The molecule has 1 amide bonds. The second-order valence-electron chi connectivity index (χ2n) is 5.48. The summed E-state index contributed by atoms with van der Waals surface area (Å²) in [6.45, 7) is 9.47. The van der Waals surface area contributed by atoms with Gasteiger partial charge in [0.2, 0.25) is 0 Å². The number of nitrogens with one attached hydrogen (secondary N) is 1. The minimum atomic E-state index is -0.389. The summed E-state index contributed by atoms with van der Waals surface area (Å²) in [5.41, 5.74) is 2.26. The van der Waals surface area contributed by atoms with Crippen molar-refractivity contribution in [3.63, 3.8) is 0 Å². The molecule has 1 heterocycles. The van der Waals surface area contributed by atoms with Crippen LogP contribution in [0.2, 0.25) is 0 Å². The lowest BCUT2D eigenvalue weighted by molar-refractivity contribution is 0.168. The highest BCUT2D eigenvalue weighted by atomic mass is 16.5. The van der Waals surface area contributed by atoms with E-state index in [9.17, 15) is 4.79 Å². The van der Waals surface area contributed by atoms with E-state index in [1.165, 1.54) is 24.5 Å². The van der Waals surface area contributed by atoms with Crippen LogP contribution in [0.4, 0.5) is 4.79 Å². The molecule has 132 valence electrons. The molecule has 2 aromatic rings. The number of fused-ring (bicyclic) bond motifs is 1. The van der Waals surface area contributed by atoms with Crippen LogP contribution < -0.4 is 5.32 Å². The van der Waals surface area contributed by atoms with Crippen LogP contribution in [0.1, 0.15) is 32.8 Å². The standard InChI is InChI=1S/C16H21N3O2.C3H8/c1-3-19(11-10-18-16(20)21-2)12-13-8-9-17-15-7-5-4-6-14(13)15;1-3-2/h4-9H,3,10-12H2,1-2H3,(H,18,20);3H2,1-2H3. The first-order valence-electron chi connectivity index (χ1n) is 8.52. The van der Waals surface area contributed by atoms with Crippen LogP contribution in [-0.2, 0) is 11.3 Å². The summed E-state index contributed by atoms with van der Waals surface area (Å²) >= 11 is 0. The molecule has 0 aliphatic carbocycles. The topological polar surface area (TPSA) is 54.5 Å². The molecule has 0 spiro atoms. The van der Waals surface area contributed by atoms with Gasteiger partial charge in [-0.15, -0.1) is 0 Å². The first kappa shape index (κ1) is 19.9. The van der Waals surface area contributed by atoms with Gasteiger partial charge in [-0.25, -0.2) is 4.79 Å². The molecule has 0 fully saturated rings. The Morgan fingerprint density at radius 2 is 1.92 bits per heavy atom. The Kier molecular flexibility index (Phi) is 9.46. The van der Waals surface area contributed by atoms with Gasteiger partial charge in [-0.05, 0) is 24.2 Å². The van der Waals surface area contributed by atoms with Crippen molar-refractivity contribution in [3.05, 3.63) is 42.1 Å². The summed E-state index contributed by atoms with van der Waals surface area (Å²) < 4.78 is 4.56. The second kappa shape index (κ2) is 11.4. The highest BCUT2D eigenvalue weighted by Gasteiger charge is 2.08.